The fraction of sp³-hybridized carbons (Fsp3) is 0.667. The minimum atomic E-state index is -4.76. The van der Waals surface area contributed by atoms with Crippen LogP contribution in [0.4, 0.5) is 0 Å². The number of phosphoric ester groups is 1. The number of aliphatic hydroxyl groups is 2. The maximum Gasteiger partial charge on any atom is 0.469 e. The smallest absolute Gasteiger partial charge is 0.387 e. The van der Waals surface area contributed by atoms with Crippen molar-refractivity contribution in [2.24, 2.45) is 10.7 Å². The molecule has 124 valence electrons. The molecule has 0 saturated carbocycles. The number of hydrogen-bond acceptors (Lipinski definition) is 8. The van der Waals surface area contributed by atoms with Gasteiger partial charge >= 0.3 is 7.82 Å². The van der Waals surface area contributed by atoms with Crippen molar-refractivity contribution in [3.8, 4) is 0 Å². The minimum Gasteiger partial charge on any atom is -0.387 e. The van der Waals surface area contributed by atoms with E-state index in [1.165, 1.54) is 0 Å². The fourth-order valence-electron chi connectivity index (χ4n) is 2.09. The third kappa shape index (κ3) is 3.33. The van der Waals surface area contributed by atoms with Crippen molar-refractivity contribution < 1.29 is 38.6 Å². The summed E-state index contributed by atoms with van der Waals surface area (Å²) in [7, 11) is -4.76. The third-order valence-electron chi connectivity index (χ3n) is 3.17. The predicted molar refractivity (Wildman–Crippen MR) is 69.7 cm³/mol. The van der Waals surface area contributed by atoms with E-state index in [9.17, 15) is 19.6 Å². The van der Waals surface area contributed by atoms with Crippen LogP contribution in [0.5, 0.6) is 0 Å². The number of nitrogens with two attached hydrogens (primary N) is 1. The Kier molecular flexibility index (Phi) is 4.63. The molecule has 2 aliphatic rings. The molecule has 0 spiro atoms. The second-order valence-electron chi connectivity index (χ2n) is 4.69. The van der Waals surface area contributed by atoms with Gasteiger partial charge in [0.2, 0.25) is 5.91 Å². The topological polar surface area (TPSA) is 199 Å². The molecule has 1 amide bonds. The van der Waals surface area contributed by atoms with E-state index in [2.05, 4.69) is 9.52 Å². The van der Waals surface area contributed by atoms with Crippen LogP contribution in [0, 0.1) is 5.41 Å². The van der Waals surface area contributed by atoms with Crippen molar-refractivity contribution in [1.29, 1.82) is 5.41 Å². The van der Waals surface area contributed by atoms with Crippen molar-refractivity contribution in [1.82, 2.24) is 4.90 Å². The highest BCUT2D eigenvalue weighted by atomic mass is 31.2. The molecule has 7 N–H and O–H groups in total. The Morgan fingerprint density at radius 3 is 2.64 bits per heavy atom. The number of ether oxygens (including phenoxy) is 1. The molecular weight excluding hydrogens is 323 g/mol. The number of carbonyl (C=O) groups excluding carboxylic acids is 1. The maximum absolute atomic E-state index is 11.1. The monoisotopic (exact) mass is 338 g/mol. The molecule has 1 saturated heterocycles. The number of rotatable bonds is 5. The molecule has 0 aliphatic carbocycles. The van der Waals surface area contributed by atoms with E-state index in [0.29, 0.717) is 0 Å². The van der Waals surface area contributed by atoms with Crippen LogP contribution in [0.25, 0.3) is 0 Å². The summed E-state index contributed by atoms with van der Waals surface area (Å²) >= 11 is 0. The van der Waals surface area contributed by atoms with Gasteiger partial charge in [0.15, 0.2) is 12.3 Å². The van der Waals surface area contributed by atoms with E-state index in [0.717, 1.165) is 11.2 Å². The lowest BCUT2D eigenvalue weighted by Gasteiger charge is -2.25. The number of carbonyl (C=O) groups is 1. The van der Waals surface area contributed by atoms with Crippen molar-refractivity contribution in [3.63, 3.8) is 0 Å². The van der Waals surface area contributed by atoms with Crippen molar-refractivity contribution in [3.05, 3.63) is 0 Å². The number of aliphatic hydroxyl groups excluding tert-OH is 2. The average Bonchev–Trinajstić information content (AvgIpc) is 2.90. The standard InChI is InChI=1S/C9H15N4O8P/c10-7-4(8(11)16)12-2-13(7)9-6(15)5(14)3(21-9)1-20-22(17,18)19/h2-6,9-10,14-15H,1H2,(H2,11,16)(H2,17,18,19). The van der Waals surface area contributed by atoms with E-state index >= 15 is 0 Å². The second kappa shape index (κ2) is 6.01. The highest BCUT2D eigenvalue weighted by Gasteiger charge is 2.48. The molecule has 0 aromatic heterocycles. The molecule has 22 heavy (non-hydrogen) atoms. The van der Waals surface area contributed by atoms with Gasteiger partial charge in [-0.15, -0.1) is 0 Å². The Morgan fingerprint density at radius 2 is 2.14 bits per heavy atom. The third-order valence-corrected chi connectivity index (χ3v) is 3.65. The number of aliphatic imine (C=N–C) groups is 1. The maximum atomic E-state index is 11.1. The van der Waals surface area contributed by atoms with Gasteiger partial charge in [-0.2, -0.15) is 0 Å². The van der Waals surface area contributed by atoms with E-state index in [4.69, 9.17) is 25.7 Å². The summed E-state index contributed by atoms with van der Waals surface area (Å²) in [5.74, 6) is -1.21. The van der Waals surface area contributed by atoms with Gasteiger partial charge in [0.1, 0.15) is 24.1 Å². The zero-order chi connectivity index (χ0) is 16.7. The second-order valence-corrected chi connectivity index (χ2v) is 5.93. The number of phosphoric acid groups is 1. The number of amides is 1. The summed E-state index contributed by atoms with van der Waals surface area (Å²) in [4.78, 5) is 33.0. The first-order valence-corrected chi connectivity index (χ1v) is 7.56. The van der Waals surface area contributed by atoms with Crippen LogP contribution in [-0.2, 0) is 18.6 Å². The SMILES string of the molecule is N=C1C(C(N)=O)N=CN1C1OC(COP(=O)(O)O)C(O)C1O. The molecule has 1 fully saturated rings. The first-order chi connectivity index (χ1) is 10.1. The van der Waals surface area contributed by atoms with Crippen molar-refractivity contribution in [2.75, 3.05) is 6.61 Å². The van der Waals surface area contributed by atoms with Crippen LogP contribution in [0.2, 0.25) is 0 Å². The molecule has 0 aromatic carbocycles. The van der Waals surface area contributed by atoms with E-state index in [-0.39, 0.29) is 5.84 Å². The number of nitrogens with one attached hydrogen (secondary N) is 1. The predicted octanol–water partition coefficient (Wildman–Crippen LogP) is -3.28. The fourth-order valence-corrected chi connectivity index (χ4v) is 2.43. The summed E-state index contributed by atoms with van der Waals surface area (Å²) < 4.78 is 20.1. The molecule has 12 nitrogen and oxygen atoms in total. The van der Waals surface area contributed by atoms with E-state index < -0.39 is 50.9 Å². The zero-order valence-corrected chi connectivity index (χ0v) is 11.9. The molecule has 5 unspecified atom stereocenters. The van der Waals surface area contributed by atoms with Crippen LogP contribution in [0.15, 0.2) is 4.99 Å². The summed E-state index contributed by atoms with van der Waals surface area (Å²) in [5.41, 5.74) is 5.05. The largest absolute Gasteiger partial charge is 0.469 e. The van der Waals surface area contributed by atoms with Gasteiger partial charge in [0.25, 0.3) is 0 Å². The van der Waals surface area contributed by atoms with Gasteiger partial charge in [-0.3, -0.25) is 24.6 Å². The normalized spacial score (nSPS) is 35.4. The van der Waals surface area contributed by atoms with Crippen LogP contribution in [0.1, 0.15) is 0 Å². The molecule has 2 aliphatic heterocycles. The van der Waals surface area contributed by atoms with Gasteiger partial charge in [0, 0.05) is 0 Å². The minimum absolute atomic E-state index is 0.347. The van der Waals surface area contributed by atoms with Gasteiger partial charge in [-0.1, -0.05) is 0 Å². The van der Waals surface area contributed by atoms with Gasteiger partial charge < -0.3 is 30.5 Å². The molecular formula is C9H15N4O8P. The highest BCUT2D eigenvalue weighted by Crippen LogP contribution is 2.37. The van der Waals surface area contributed by atoms with Crippen LogP contribution in [0.3, 0.4) is 0 Å². The molecule has 2 heterocycles. The Labute approximate surface area is 123 Å². The van der Waals surface area contributed by atoms with E-state index in [1.807, 2.05) is 0 Å². The summed E-state index contributed by atoms with van der Waals surface area (Å²) in [6.45, 7) is -0.670. The Bertz CT molecular complexity index is 550. The van der Waals surface area contributed by atoms with Crippen molar-refractivity contribution in [2.45, 2.75) is 30.6 Å². The first-order valence-electron chi connectivity index (χ1n) is 6.03. The summed E-state index contributed by atoms with van der Waals surface area (Å²) in [6, 6.07) is -1.22. The highest BCUT2D eigenvalue weighted by molar-refractivity contribution is 7.46. The molecule has 5 atom stereocenters. The Hall–Kier alpha value is -1.40. The molecule has 0 aromatic rings. The van der Waals surface area contributed by atoms with Crippen molar-refractivity contribution >= 4 is 25.9 Å². The Balaban J connectivity index is 2.05. The lowest BCUT2D eigenvalue weighted by molar-refractivity contribution is -0.117. The molecule has 0 radical (unpaired) electrons. The first kappa shape index (κ1) is 17.0. The summed E-state index contributed by atoms with van der Waals surface area (Å²) in [5, 5.41) is 27.5. The molecule has 0 bridgehead atoms. The average molecular weight is 338 g/mol. The number of amidine groups is 1. The quantitative estimate of drug-likeness (QED) is 0.278. The Morgan fingerprint density at radius 1 is 1.50 bits per heavy atom. The molecule has 13 heteroatoms. The van der Waals surface area contributed by atoms with Crippen LogP contribution < -0.4 is 5.73 Å². The number of primary amides is 1. The molecule has 2 rings (SSSR count). The lowest BCUT2D eigenvalue weighted by atomic mass is 10.1. The van der Waals surface area contributed by atoms with Gasteiger partial charge in [-0.25, -0.2) is 4.57 Å². The van der Waals surface area contributed by atoms with E-state index in [1.54, 1.807) is 0 Å². The van der Waals surface area contributed by atoms with Gasteiger partial charge in [-0.05, 0) is 0 Å². The summed E-state index contributed by atoms with van der Waals surface area (Å²) in [6.07, 6.45) is -4.46. The van der Waals surface area contributed by atoms with Crippen LogP contribution >= 0.6 is 7.82 Å². The lowest BCUT2D eigenvalue weighted by Crippen LogP contribution is -2.48. The van der Waals surface area contributed by atoms with Gasteiger partial charge in [0.05, 0.1) is 12.9 Å². The van der Waals surface area contributed by atoms with Crippen LogP contribution in [-0.4, -0.2) is 80.2 Å². The number of nitrogens with zero attached hydrogens (tertiary/aromatic N) is 2. The number of hydrogen-bond donors (Lipinski definition) is 6. The zero-order valence-electron chi connectivity index (χ0n) is 11.0.